The molecular weight excluding hydrogens is 254 g/mol. The van der Waals surface area contributed by atoms with E-state index in [1.54, 1.807) is 11.9 Å². The van der Waals surface area contributed by atoms with Crippen LogP contribution in [-0.2, 0) is 4.79 Å². The van der Waals surface area contributed by atoms with E-state index in [1.807, 2.05) is 43.3 Å². The van der Waals surface area contributed by atoms with E-state index in [2.05, 4.69) is 5.32 Å². The van der Waals surface area contributed by atoms with Gasteiger partial charge in [0.05, 0.1) is 0 Å². The zero-order valence-electron chi connectivity index (χ0n) is 12.2. The lowest BCUT2D eigenvalue weighted by atomic mass is 10.1. The number of rotatable bonds is 4. The van der Waals surface area contributed by atoms with Crippen molar-refractivity contribution in [2.45, 2.75) is 6.42 Å². The Hall–Kier alpha value is -2.04. The SMILES string of the molecule is CN1CC(CNC(=O)c2ccc(N(C)C)cc2)CC1=O. The molecule has 1 N–H and O–H groups in total. The van der Waals surface area contributed by atoms with Crippen LogP contribution in [0.25, 0.3) is 0 Å². The van der Waals surface area contributed by atoms with E-state index in [0.717, 1.165) is 12.2 Å². The third kappa shape index (κ3) is 3.29. The van der Waals surface area contributed by atoms with Gasteiger partial charge >= 0.3 is 0 Å². The Labute approximate surface area is 119 Å². The molecule has 0 radical (unpaired) electrons. The van der Waals surface area contributed by atoms with Crippen molar-refractivity contribution in [2.75, 3.05) is 39.1 Å². The summed E-state index contributed by atoms with van der Waals surface area (Å²) >= 11 is 0. The molecule has 1 aromatic carbocycles. The average molecular weight is 275 g/mol. The molecule has 1 saturated heterocycles. The molecule has 0 saturated carbocycles. The molecule has 1 aromatic rings. The Morgan fingerprint density at radius 2 is 2.00 bits per heavy atom. The van der Waals surface area contributed by atoms with Crippen LogP contribution in [-0.4, -0.2) is 50.9 Å². The van der Waals surface area contributed by atoms with Crippen LogP contribution in [0.5, 0.6) is 0 Å². The summed E-state index contributed by atoms with van der Waals surface area (Å²) in [6.45, 7) is 1.27. The van der Waals surface area contributed by atoms with Gasteiger partial charge in [-0.3, -0.25) is 9.59 Å². The summed E-state index contributed by atoms with van der Waals surface area (Å²) < 4.78 is 0. The lowest BCUT2D eigenvalue weighted by Crippen LogP contribution is -2.30. The standard InChI is InChI=1S/C15H21N3O2/c1-17(2)13-6-4-12(5-7-13)15(20)16-9-11-8-14(19)18(3)10-11/h4-7,11H,8-10H2,1-3H3,(H,16,20). The first kappa shape index (κ1) is 14.4. The summed E-state index contributed by atoms with van der Waals surface area (Å²) in [5.74, 6) is 0.286. The van der Waals surface area contributed by atoms with Gasteiger partial charge in [0.25, 0.3) is 5.91 Å². The molecule has 1 aliphatic rings. The fourth-order valence-corrected chi connectivity index (χ4v) is 2.34. The van der Waals surface area contributed by atoms with E-state index in [-0.39, 0.29) is 17.7 Å². The molecule has 108 valence electrons. The number of carbonyl (C=O) groups excluding carboxylic acids is 2. The monoisotopic (exact) mass is 275 g/mol. The highest BCUT2D eigenvalue weighted by atomic mass is 16.2. The lowest BCUT2D eigenvalue weighted by Gasteiger charge is -2.13. The minimum Gasteiger partial charge on any atom is -0.378 e. The van der Waals surface area contributed by atoms with E-state index < -0.39 is 0 Å². The van der Waals surface area contributed by atoms with Gasteiger partial charge in [-0.25, -0.2) is 0 Å². The van der Waals surface area contributed by atoms with E-state index in [0.29, 0.717) is 18.5 Å². The number of amides is 2. The van der Waals surface area contributed by atoms with Gasteiger partial charge in [-0.1, -0.05) is 0 Å². The summed E-state index contributed by atoms with van der Waals surface area (Å²) in [5, 5.41) is 2.90. The minimum absolute atomic E-state index is 0.0858. The lowest BCUT2D eigenvalue weighted by molar-refractivity contribution is -0.126. The Balaban J connectivity index is 1.87. The number of anilines is 1. The molecule has 1 fully saturated rings. The number of nitrogens with one attached hydrogen (secondary N) is 1. The van der Waals surface area contributed by atoms with Crippen LogP contribution in [0.3, 0.4) is 0 Å². The number of hydrogen-bond acceptors (Lipinski definition) is 3. The van der Waals surface area contributed by atoms with Crippen molar-refractivity contribution in [2.24, 2.45) is 5.92 Å². The summed E-state index contributed by atoms with van der Waals surface area (Å²) in [7, 11) is 5.72. The molecule has 0 bridgehead atoms. The molecule has 1 heterocycles. The van der Waals surface area contributed by atoms with Gasteiger partial charge in [0.1, 0.15) is 0 Å². The second-order valence-corrected chi connectivity index (χ2v) is 5.50. The largest absolute Gasteiger partial charge is 0.378 e. The van der Waals surface area contributed by atoms with Crippen LogP contribution in [0.15, 0.2) is 24.3 Å². The third-order valence-electron chi connectivity index (χ3n) is 3.62. The topological polar surface area (TPSA) is 52.7 Å². The number of carbonyl (C=O) groups is 2. The number of benzene rings is 1. The van der Waals surface area contributed by atoms with E-state index >= 15 is 0 Å². The molecular formula is C15H21N3O2. The van der Waals surface area contributed by atoms with E-state index in [9.17, 15) is 9.59 Å². The summed E-state index contributed by atoms with van der Waals surface area (Å²) in [5.41, 5.74) is 1.71. The van der Waals surface area contributed by atoms with Gasteiger partial charge in [-0.2, -0.15) is 0 Å². The van der Waals surface area contributed by atoms with Crippen LogP contribution < -0.4 is 10.2 Å². The first-order valence-corrected chi connectivity index (χ1v) is 6.77. The molecule has 0 spiro atoms. The van der Waals surface area contributed by atoms with Gasteiger partial charge in [-0.15, -0.1) is 0 Å². The van der Waals surface area contributed by atoms with Crippen LogP contribution >= 0.6 is 0 Å². The highest BCUT2D eigenvalue weighted by Crippen LogP contribution is 2.15. The molecule has 20 heavy (non-hydrogen) atoms. The van der Waals surface area contributed by atoms with Gasteiger partial charge in [0.2, 0.25) is 5.91 Å². The first-order valence-electron chi connectivity index (χ1n) is 6.77. The maximum absolute atomic E-state index is 12.0. The number of likely N-dealkylation sites (tertiary alicyclic amines) is 1. The van der Waals surface area contributed by atoms with E-state index in [4.69, 9.17) is 0 Å². The van der Waals surface area contributed by atoms with Crippen molar-refractivity contribution in [1.29, 1.82) is 0 Å². The van der Waals surface area contributed by atoms with Gasteiger partial charge in [0.15, 0.2) is 0 Å². The molecule has 1 aliphatic heterocycles. The van der Waals surface area contributed by atoms with Crippen LogP contribution in [0.2, 0.25) is 0 Å². The number of nitrogens with zero attached hydrogens (tertiary/aromatic N) is 2. The summed E-state index contributed by atoms with van der Waals surface area (Å²) in [6, 6.07) is 7.47. The Morgan fingerprint density at radius 3 is 2.50 bits per heavy atom. The summed E-state index contributed by atoms with van der Waals surface area (Å²) in [4.78, 5) is 27.1. The van der Waals surface area contributed by atoms with Crippen LogP contribution in [0, 0.1) is 5.92 Å². The minimum atomic E-state index is -0.0858. The average Bonchev–Trinajstić information content (AvgIpc) is 2.75. The van der Waals surface area contributed by atoms with Crippen molar-refractivity contribution in [3.8, 4) is 0 Å². The van der Waals surface area contributed by atoms with Gasteiger partial charge in [0, 0.05) is 57.8 Å². The molecule has 0 aliphatic carbocycles. The molecule has 2 amide bonds. The predicted octanol–water partition coefficient (Wildman–Crippen LogP) is 0.961. The maximum Gasteiger partial charge on any atom is 0.251 e. The highest BCUT2D eigenvalue weighted by molar-refractivity contribution is 5.94. The molecule has 0 aromatic heterocycles. The molecule has 5 nitrogen and oxygen atoms in total. The van der Waals surface area contributed by atoms with Crippen molar-refractivity contribution in [3.05, 3.63) is 29.8 Å². The predicted molar refractivity (Wildman–Crippen MR) is 78.8 cm³/mol. The van der Waals surface area contributed by atoms with E-state index in [1.165, 1.54) is 0 Å². The zero-order valence-corrected chi connectivity index (χ0v) is 12.2. The fourth-order valence-electron chi connectivity index (χ4n) is 2.34. The normalized spacial score (nSPS) is 18.2. The first-order chi connectivity index (χ1) is 9.47. The second kappa shape index (κ2) is 5.94. The molecule has 2 rings (SSSR count). The van der Waals surface area contributed by atoms with Crippen molar-refractivity contribution in [1.82, 2.24) is 10.2 Å². The van der Waals surface area contributed by atoms with Gasteiger partial charge in [-0.05, 0) is 24.3 Å². The quantitative estimate of drug-likeness (QED) is 0.890. The summed E-state index contributed by atoms with van der Waals surface area (Å²) in [6.07, 6.45) is 0.524. The second-order valence-electron chi connectivity index (χ2n) is 5.50. The zero-order chi connectivity index (χ0) is 14.7. The Morgan fingerprint density at radius 1 is 1.35 bits per heavy atom. The highest BCUT2D eigenvalue weighted by Gasteiger charge is 2.26. The Bertz CT molecular complexity index is 496. The fraction of sp³-hybridized carbons (Fsp3) is 0.467. The number of hydrogen-bond donors (Lipinski definition) is 1. The van der Waals surface area contributed by atoms with Crippen molar-refractivity contribution < 1.29 is 9.59 Å². The van der Waals surface area contributed by atoms with Crippen LogP contribution in [0.4, 0.5) is 5.69 Å². The third-order valence-corrected chi connectivity index (χ3v) is 3.62. The Kier molecular flexibility index (Phi) is 4.27. The molecule has 1 unspecified atom stereocenters. The maximum atomic E-state index is 12.0. The molecule has 5 heteroatoms. The van der Waals surface area contributed by atoms with Crippen molar-refractivity contribution in [3.63, 3.8) is 0 Å². The smallest absolute Gasteiger partial charge is 0.251 e. The van der Waals surface area contributed by atoms with Crippen LogP contribution in [0.1, 0.15) is 16.8 Å². The molecule has 1 atom stereocenters. The van der Waals surface area contributed by atoms with Gasteiger partial charge < -0.3 is 15.1 Å². The van der Waals surface area contributed by atoms with Crippen molar-refractivity contribution >= 4 is 17.5 Å².